The van der Waals surface area contributed by atoms with Crippen LogP contribution in [0.2, 0.25) is 15.5 Å². The Bertz CT molecular complexity index is 1920. The quantitative estimate of drug-likeness (QED) is 0.109. The second kappa shape index (κ2) is 18.9. The monoisotopic (exact) mass is 796 g/mol. The molecule has 2 saturated heterocycles. The third kappa shape index (κ3) is 12.4. The van der Waals surface area contributed by atoms with E-state index in [0.29, 0.717) is 27.0 Å². The molecule has 51 heavy (non-hydrogen) atoms. The number of aromatic nitrogens is 2. The fraction of sp³-hybridized carbons (Fsp3) is 0.353. The average molecular weight is 798 g/mol. The first kappa shape index (κ1) is 40.4. The SMILES string of the molecule is CNS(=O)(=O)c1ccc(N)cc1.CNS(=O)(=O)c1ccc(Nc2cc(N3CCCCC3)cc(Cl)n2)cc1.Clc1cc(N2CCCCC2)cc(Cl)n1. The van der Waals surface area contributed by atoms with Gasteiger partial charge in [-0.25, -0.2) is 36.2 Å². The molecule has 17 heteroatoms. The van der Waals surface area contributed by atoms with E-state index in [9.17, 15) is 16.8 Å². The van der Waals surface area contributed by atoms with Crippen LogP contribution in [0.5, 0.6) is 0 Å². The van der Waals surface area contributed by atoms with Crippen LogP contribution in [0.1, 0.15) is 38.5 Å². The van der Waals surface area contributed by atoms with Crippen molar-refractivity contribution in [3.8, 4) is 0 Å². The number of nitrogen functional groups attached to an aromatic ring is 1. The first-order valence-electron chi connectivity index (χ1n) is 16.4. The lowest BCUT2D eigenvalue weighted by Gasteiger charge is -2.29. The van der Waals surface area contributed by atoms with Crippen LogP contribution in [0.4, 0.5) is 28.6 Å². The number of benzene rings is 2. The molecule has 5 N–H and O–H groups in total. The van der Waals surface area contributed by atoms with E-state index in [2.05, 4.69) is 34.5 Å². The number of anilines is 5. The number of pyridine rings is 2. The maximum atomic E-state index is 11.8. The molecule has 0 bridgehead atoms. The number of rotatable bonds is 8. The van der Waals surface area contributed by atoms with E-state index in [-0.39, 0.29) is 9.79 Å². The standard InChI is InChI=1S/C17H21ClN4O2S.C10H12Cl2N2.C7H10N2O2S/c1-19-25(23,24)15-7-5-13(6-8-15)20-17-12-14(11-16(18)21-17)22-9-3-2-4-10-22;11-9-6-8(7-10(12)13-9)14-4-2-1-3-5-14;1-9-12(10,11)7-4-2-6(8)3-5-7/h5-8,11-12,19H,2-4,9-10H2,1H3,(H,20,21);6-7H,1-5H2;2-5,9H,8H2,1H3. The zero-order valence-corrected chi connectivity index (χ0v) is 32.3. The highest BCUT2D eigenvalue weighted by atomic mass is 35.5. The summed E-state index contributed by atoms with van der Waals surface area (Å²) in [6.45, 7) is 4.24. The molecule has 0 radical (unpaired) electrons. The third-order valence-electron chi connectivity index (χ3n) is 8.13. The van der Waals surface area contributed by atoms with Crippen molar-refractivity contribution in [3.63, 3.8) is 0 Å². The third-order valence-corrected chi connectivity index (χ3v) is 11.6. The molecular weight excluding hydrogens is 755 g/mol. The molecule has 0 amide bonds. The van der Waals surface area contributed by atoms with Gasteiger partial charge in [0.25, 0.3) is 0 Å². The number of sulfonamides is 2. The molecule has 0 atom stereocenters. The minimum absolute atomic E-state index is 0.216. The molecule has 2 aliphatic heterocycles. The minimum atomic E-state index is -3.44. The number of halogens is 3. The van der Waals surface area contributed by atoms with Crippen LogP contribution in [0.15, 0.2) is 82.6 Å². The van der Waals surface area contributed by atoms with Gasteiger partial charge in [-0.15, -0.1) is 0 Å². The minimum Gasteiger partial charge on any atom is -0.399 e. The summed E-state index contributed by atoms with van der Waals surface area (Å²) in [4.78, 5) is 13.3. The van der Waals surface area contributed by atoms with E-state index in [4.69, 9.17) is 40.5 Å². The van der Waals surface area contributed by atoms with Crippen LogP contribution in [0, 0.1) is 0 Å². The van der Waals surface area contributed by atoms with Crippen molar-refractivity contribution < 1.29 is 16.8 Å². The highest BCUT2D eigenvalue weighted by Crippen LogP contribution is 2.28. The Balaban J connectivity index is 0.000000189. The maximum absolute atomic E-state index is 11.8. The first-order chi connectivity index (χ1) is 24.3. The normalized spacial score (nSPS) is 14.8. The van der Waals surface area contributed by atoms with Gasteiger partial charge in [-0.1, -0.05) is 34.8 Å². The second-order valence-electron chi connectivity index (χ2n) is 11.7. The number of hydrogen-bond acceptors (Lipinski definition) is 10. The summed E-state index contributed by atoms with van der Waals surface area (Å²) in [6, 6.07) is 20.1. The van der Waals surface area contributed by atoms with E-state index in [1.54, 1.807) is 36.4 Å². The Kier molecular flexibility index (Phi) is 15.0. The fourth-order valence-electron chi connectivity index (χ4n) is 5.42. The van der Waals surface area contributed by atoms with Gasteiger partial charge in [0.05, 0.1) is 9.79 Å². The predicted octanol–water partition coefficient (Wildman–Crippen LogP) is 6.93. The highest BCUT2D eigenvalue weighted by molar-refractivity contribution is 7.89. The zero-order chi connectivity index (χ0) is 37.0. The first-order valence-corrected chi connectivity index (χ1v) is 20.5. The van der Waals surface area contributed by atoms with Crippen LogP contribution in [0.3, 0.4) is 0 Å². The second-order valence-corrected chi connectivity index (χ2v) is 16.7. The maximum Gasteiger partial charge on any atom is 0.240 e. The van der Waals surface area contributed by atoms with Gasteiger partial charge in [-0.05, 0) is 119 Å². The fourth-order valence-corrected chi connectivity index (χ4v) is 7.53. The summed E-state index contributed by atoms with van der Waals surface area (Å²) < 4.78 is 50.4. The van der Waals surface area contributed by atoms with Gasteiger partial charge >= 0.3 is 0 Å². The Morgan fingerprint density at radius 2 is 0.980 bits per heavy atom. The summed E-state index contributed by atoms with van der Waals surface area (Å²) in [5, 5.41) is 4.55. The lowest BCUT2D eigenvalue weighted by Crippen LogP contribution is -2.29. The molecule has 0 saturated carbocycles. The van der Waals surface area contributed by atoms with Gasteiger partial charge in [0.15, 0.2) is 0 Å². The largest absolute Gasteiger partial charge is 0.399 e. The van der Waals surface area contributed by atoms with Gasteiger partial charge in [0.2, 0.25) is 20.0 Å². The number of nitrogens with two attached hydrogens (primary N) is 1. The van der Waals surface area contributed by atoms with E-state index < -0.39 is 20.0 Å². The average Bonchev–Trinajstić information content (AvgIpc) is 3.13. The van der Waals surface area contributed by atoms with Crippen LogP contribution in [0.25, 0.3) is 0 Å². The van der Waals surface area contributed by atoms with Crippen LogP contribution < -0.4 is 30.3 Å². The van der Waals surface area contributed by atoms with Gasteiger partial charge in [-0.2, -0.15) is 0 Å². The number of nitrogens with zero attached hydrogens (tertiary/aromatic N) is 4. The van der Waals surface area contributed by atoms with E-state index in [1.807, 2.05) is 24.3 Å². The van der Waals surface area contributed by atoms with E-state index in [0.717, 1.165) is 43.2 Å². The number of nitrogens with one attached hydrogen (secondary N) is 3. The summed E-state index contributed by atoms with van der Waals surface area (Å²) in [7, 11) is -4.00. The molecule has 4 heterocycles. The smallest absolute Gasteiger partial charge is 0.240 e. The Morgan fingerprint density at radius 1 is 0.588 bits per heavy atom. The lowest BCUT2D eigenvalue weighted by molar-refractivity contribution is 0.577. The van der Waals surface area contributed by atoms with Crippen LogP contribution in [-0.2, 0) is 20.0 Å². The van der Waals surface area contributed by atoms with Crippen molar-refractivity contribution in [2.24, 2.45) is 0 Å². The summed E-state index contributed by atoms with van der Waals surface area (Å²) in [5.74, 6) is 0.636. The molecule has 2 aromatic heterocycles. The van der Waals surface area contributed by atoms with Crippen molar-refractivity contribution in [1.29, 1.82) is 0 Å². The summed E-state index contributed by atoms with van der Waals surface area (Å²) >= 11 is 17.9. The molecule has 0 spiro atoms. The molecule has 6 rings (SSSR count). The van der Waals surface area contributed by atoms with E-state index >= 15 is 0 Å². The molecule has 2 aliphatic rings. The van der Waals surface area contributed by atoms with Crippen LogP contribution in [-0.4, -0.2) is 67.1 Å². The Hall–Kier alpha value is -3.37. The van der Waals surface area contributed by atoms with E-state index in [1.165, 1.54) is 64.8 Å². The molecule has 2 aromatic carbocycles. The molecule has 0 unspecified atom stereocenters. The number of hydrogen-bond donors (Lipinski definition) is 4. The Morgan fingerprint density at radius 3 is 1.41 bits per heavy atom. The van der Waals surface area contributed by atoms with Gasteiger partial charge < -0.3 is 20.9 Å². The summed E-state index contributed by atoms with van der Waals surface area (Å²) in [6.07, 6.45) is 7.45. The van der Waals surface area contributed by atoms with Crippen molar-refractivity contribution in [3.05, 3.63) is 88.3 Å². The summed E-state index contributed by atoms with van der Waals surface area (Å²) in [5.41, 5.74) is 8.83. The zero-order valence-electron chi connectivity index (χ0n) is 28.4. The molecular formula is C34H43Cl3N8O4S2. The van der Waals surface area contributed by atoms with Crippen molar-refractivity contribution >= 4 is 83.4 Å². The lowest BCUT2D eigenvalue weighted by atomic mass is 10.1. The molecule has 4 aromatic rings. The van der Waals surface area contributed by atoms with Crippen molar-refractivity contribution in [2.75, 3.05) is 61.1 Å². The van der Waals surface area contributed by atoms with Crippen molar-refractivity contribution in [1.82, 2.24) is 19.4 Å². The highest BCUT2D eigenvalue weighted by Gasteiger charge is 2.15. The Labute approximate surface area is 315 Å². The van der Waals surface area contributed by atoms with Crippen molar-refractivity contribution in [2.45, 2.75) is 48.3 Å². The molecule has 0 aliphatic carbocycles. The molecule has 12 nitrogen and oxygen atoms in total. The topological polar surface area (TPSA) is 163 Å². The van der Waals surface area contributed by atoms with Crippen LogP contribution >= 0.6 is 34.8 Å². The van der Waals surface area contributed by atoms with Gasteiger partial charge in [0, 0.05) is 55.0 Å². The van der Waals surface area contributed by atoms with Gasteiger partial charge in [-0.3, -0.25) is 0 Å². The predicted molar refractivity (Wildman–Crippen MR) is 209 cm³/mol. The van der Waals surface area contributed by atoms with Gasteiger partial charge in [0.1, 0.15) is 21.3 Å². The molecule has 2 fully saturated rings. The molecule has 276 valence electrons. The number of piperidine rings is 2.